The number of carbonyl (C=O) groups is 2. The average Bonchev–Trinajstić information content (AvgIpc) is 3.32. The number of alkyl halides is 3. The van der Waals surface area contributed by atoms with E-state index in [2.05, 4.69) is 14.8 Å². The molecule has 2 aromatic heterocycles. The summed E-state index contributed by atoms with van der Waals surface area (Å²) in [5.41, 5.74) is 4.77. The van der Waals surface area contributed by atoms with Crippen molar-refractivity contribution >= 4 is 21.7 Å². The van der Waals surface area contributed by atoms with E-state index in [1.54, 1.807) is 32.2 Å². The molecule has 0 radical (unpaired) electrons. The van der Waals surface area contributed by atoms with E-state index in [1.807, 2.05) is 0 Å². The third kappa shape index (κ3) is 6.22. The van der Waals surface area contributed by atoms with Crippen molar-refractivity contribution in [2.75, 3.05) is 6.26 Å². The van der Waals surface area contributed by atoms with Gasteiger partial charge in [-0.3, -0.25) is 18.8 Å². The van der Waals surface area contributed by atoms with Gasteiger partial charge in [0, 0.05) is 47.9 Å². The quantitative estimate of drug-likeness (QED) is 0.351. The second-order valence-corrected chi connectivity index (χ2v) is 11.4. The number of amides is 3. The summed E-state index contributed by atoms with van der Waals surface area (Å²) in [6.45, 7) is 1.54. The van der Waals surface area contributed by atoms with Crippen LogP contribution in [0.2, 0.25) is 0 Å². The van der Waals surface area contributed by atoms with Crippen LogP contribution in [0.4, 0.5) is 18.0 Å². The zero-order chi connectivity index (χ0) is 30.1. The Labute approximate surface area is 232 Å². The molecule has 3 N–H and O–H groups in total. The van der Waals surface area contributed by atoms with Crippen LogP contribution in [-0.2, 0) is 29.5 Å². The monoisotopic (exact) mass is 586 g/mol. The molecule has 3 amide bonds. The van der Waals surface area contributed by atoms with Crippen LogP contribution in [0.15, 0.2) is 80.9 Å². The van der Waals surface area contributed by atoms with E-state index in [9.17, 15) is 31.8 Å². The van der Waals surface area contributed by atoms with Crippen molar-refractivity contribution in [3.05, 3.63) is 99.6 Å². The van der Waals surface area contributed by atoms with Gasteiger partial charge in [0.15, 0.2) is 0 Å². The van der Waals surface area contributed by atoms with Crippen LogP contribution in [0.5, 0.6) is 0 Å². The lowest BCUT2D eigenvalue weighted by Gasteiger charge is -2.18. The summed E-state index contributed by atoms with van der Waals surface area (Å²) in [5.74, 6) is -0.758. The van der Waals surface area contributed by atoms with Gasteiger partial charge in [0.1, 0.15) is 5.56 Å². The Morgan fingerprint density at radius 2 is 1.78 bits per heavy atom. The largest absolute Gasteiger partial charge is 0.416 e. The molecule has 0 aliphatic carbocycles. The molecular formula is C27H25F3N6O4S. The van der Waals surface area contributed by atoms with Crippen molar-refractivity contribution in [3.63, 3.8) is 0 Å². The number of nitrogens with two attached hydrogens (primary N) is 1. The van der Waals surface area contributed by atoms with Gasteiger partial charge in [0.05, 0.1) is 21.0 Å². The summed E-state index contributed by atoms with van der Waals surface area (Å²) in [4.78, 5) is 38.2. The van der Waals surface area contributed by atoms with E-state index in [-0.39, 0.29) is 22.7 Å². The zero-order valence-electron chi connectivity index (χ0n) is 22.1. The molecule has 1 unspecified atom stereocenters. The van der Waals surface area contributed by atoms with Gasteiger partial charge >= 0.3 is 12.2 Å². The molecule has 0 saturated carbocycles. The lowest BCUT2D eigenvalue weighted by atomic mass is 10.1. The predicted octanol–water partition coefficient (Wildman–Crippen LogP) is 4.03. The number of primary amides is 1. The summed E-state index contributed by atoms with van der Waals surface area (Å²) >= 11 is 0. The SMILES string of the molecule is Cc1c(-c2ccnn2C)cc(C(=O)NCc2ccc(S(C)(=O)=NC(N)=O)cc2)c(=O)n1-c1cccc(C(F)(F)F)c1. The minimum Gasteiger partial charge on any atom is -0.349 e. The molecule has 0 aliphatic heterocycles. The molecule has 0 saturated heterocycles. The van der Waals surface area contributed by atoms with Crippen LogP contribution in [0.25, 0.3) is 16.9 Å². The minimum absolute atomic E-state index is 0.0328. The first-order valence-corrected chi connectivity index (χ1v) is 13.9. The van der Waals surface area contributed by atoms with E-state index in [0.29, 0.717) is 22.5 Å². The van der Waals surface area contributed by atoms with E-state index in [4.69, 9.17) is 5.73 Å². The number of aryl methyl sites for hydroxylation is 1. The van der Waals surface area contributed by atoms with Gasteiger partial charge in [0.2, 0.25) is 0 Å². The summed E-state index contributed by atoms with van der Waals surface area (Å²) < 4.78 is 58.9. The van der Waals surface area contributed by atoms with E-state index < -0.39 is 39.0 Å². The molecule has 14 heteroatoms. The summed E-state index contributed by atoms with van der Waals surface area (Å²) in [6.07, 6.45) is -1.85. The van der Waals surface area contributed by atoms with Crippen LogP contribution in [0.3, 0.4) is 0 Å². The van der Waals surface area contributed by atoms with Gasteiger partial charge in [-0.05, 0) is 55.0 Å². The molecule has 2 aromatic carbocycles. The number of hydrogen-bond acceptors (Lipinski definition) is 5. The van der Waals surface area contributed by atoms with Crippen LogP contribution >= 0.6 is 0 Å². The number of halogens is 3. The van der Waals surface area contributed by atoms with Crippen molar-refractivity contribution in [2.24, 2.45) is 17.1 Å². The molecule has 2 heterocycles. The van der Waals surface area contributed by atoms with Crippen molar-refractivity contribution in [1.29, 1.82) is 0 Å². The third-order valence-corrected chi connectivity index (χ3v) is 7.97. The normalized spacial score (nSPS) is 12.9. The fourth-order valence-corrected chi connectivity index (χ4v) is 5.35. The molecule has 0 aliphatic rings. The van der Waals surface area contributed by atoms with Gasteiger partial charge in [0.25, 0.3) is 11.5 Å². The second-order valence-electron chi connectivity index (χ2n) is 9.14. The van der Waals surface area contributed by atoms with Crippen molar-refractivity contribution in [1.82, 2.24) is 19.7 Å². The fraction of sp³-hybridized carbons (Fsp3) is 0.185. The number of carbonyl (C=O) groups excluding carboxylic acids is 2. The number of nitrogens with zero attached hydrogens (tertiary/aromatic N) is 4. The van der Waals surface area contributed by atoms with Crippen LogP contribution in [0, 0.1) is 6.92 Å². The van der Waals surface area contributed by atoms with Gasteiger partial charge in [-0.25, -0.2) is 9.00 Å². The summed E-state index contributed by atoms with van der Waals surface area (Å²) in [7, 11) is -1.39. The number of benzene rings is 2. The van der Waals surface area contributed by atoms with Crippen molar-refractivity contribution < 1.29 is 27.0 Å². The van der Waals surface area contributed by atoms with Gasteiger partial charge < -0.3 is 11.1 Å². The molecule has 4 aromatic rings. The summed E-state index contributed by atoms with van der Waals surface area (Å²) in [6, 6.07) is 12.3. The van der Waals surface area contributed by atoms with Crippen molar-refractivity contribution in [3.8, 4) is 16.9 Å². The Kier molecular flexibility index (Phi) is 7.88. The number of rotatable bonds is 6. The lowest BCUT2D eigenvalue weighted by molar-refractivity contribution is -0.137. The Morgan fingerprint density at radius 1 is 1.10 bits per heavy atom. The lowest BCUT2D eigenvalue weighted by Crippen LogP contribution is -2.33. The topological polar surface area (TPSA) is 141 Å². The number of pyridine rings is 1. The van der Waals surface area contributed by atoms with Gasteiger partial charge in [-0.2, -0.15) is 18.3 Å². The molecule has 0 spiro atoms. The maximum atomic E-state index is 13.6. The molecule has 4 rings (SSSR count). The predicted molar refractivity (Wildman–Crippen MR) is 146 cm³/mol. The fourth-order valence-electron chi connectivity index (χ4n) is 4.26. The highest BCUT2D eigenvalue weighted by Gasteiger charge is 2.31. The molecule has 10 nitrogen and oxygen atoms in total. The number of hydrogen-bond donors (Lipinski definition) is 2. The standard InChI is InChI=1S/C27H25F3N6O4S/c1-16-21(23-11-12-33-35(23)2)14-22(25(38)36(16)19-6-4-5-18(13-19)27(28,29)30)24(37)32-15-17-7-9-20(10-8-17)41(3,40)34-26(31)39/h4-14H,15H2,1-3H3,(H2,31,39)(H,32,37). The molecule has 0 bridgehead atoms. The van der Waals surface area contributed by atoms with Crippen molar-refractivity contribution in [2.45, 2.75) is 24.5 Å². The van der Waals surface area contributed by atoms with Crippen LogP contribution in [-0.4, -0.2) is 36.8 Å². The molecule has 41 heavy (non-hydrogen) atoms. The first kappa shape index (κ1) is 29.3. The average molecular weight is 587 g/mol. The second kappa shape index (κ2) is 11.0. The zero-order valence-corrected chi connectivity index (χ0v) is 22.9. The van der Waals surface area contributed by atoms with Gasteiger partial charge in [-0.15, -0.1) is 4.36 Å². The van der Waals surface area contributed by atoms with Crippen LogP contribution < -0.4 is 16.6 Å². The van der Waals surface area contributed by atoms with E-state index in [1.165, 1.54) is 47.5 Å². The molecular weight excluding hydrogens is 561 g/mol. The highest BCUT2D eigenvalue weighted by Crippen LogP contribution is 2.31. The Balaban J connectivity index is 1.74. The summed E-state index contributed by atoms with van der Waals surface area (Å²) in [5, 5.41) is 6.77. The van der Waals surface area contributed by atoms with Gasteiger partial charge in [-0.1, -0.05) is 18.2 Å². The Morgan fingerprint density at radius 3 is 2.37 bits per heavy atom. The number of nitrogens with one attached hydrogen (secondary N) is 1. The first-order valence-electron chi connectivity index (χ1n) is 12.0. The Hall–Kier alpha value is -4.72. The highest BCUT2D eigenvalue weighted by molar-refractivity contribution is 7.93. The smallest absolute Gasteiger partial charge is 0.349 e. The maximum absolute atomic E-state index is 13.6. The molecule has 214 valence electrons. The molecule has 0 fully saturated rings. The highest BCUT2D eigenvalue weighted by atomic mass is 32.2. The molecule has 1 atom stereocenters. The van der Waals surface area contributed by atoms with E-state index >= 15 is 0 Å². The number of aromatic nitrogens is 3. The third-order valence-electron chi connectivity index (χ3n) is 6.30. The Bertz CT molecular complexity index is 1830. The minimum atomic E-state index is -4.64. The van der Waals surface area contributed by atoms with Crippen LogP contribution in [0.1, 0.15) is 27.2 Å². The van der Waals surface area contributed by atoms with E-state index in [0.717, 1.165) is 16.7 Å². The number of urea groups is 1. The first-order chi connectivity index (χ1) is 19.2. The maximum Gasteiger partial charge on any atom is 0.416 e.